The highest BCUT2D eigenvalue weighted by molar-refractivity contribution is 6.30. The van der Waals surface area contributed by atoms with Crippen molar-refractivity contribution in [2.24, 2.45) is 5.16 Å². The second kappa shape index (κ2) is 9.09. The molecule has 0 fully saturated rings. The lowest BCUT2D eigenvalue weighted by Crippen LogP contribution is -1.96. The van der Waals surface area contributed by atoms with Gasteiger partial charge in [0.15, 0.2) is 23.9 Å². The summed E-state index contributed by atoms with van der Waals surface area (Å²) >= 11 is 5.89. The number of ether oxygens (including phenoxy) is 2. The number of oxazole rings is 1. The fourth-order valence-electron chi connectivity index (χ4n) is 2.35. The van der Waals surface area contributed by atoms with Crippen LogP contribution in [-0.4, -0.2) is 24.9 Å². The molecule has 2 aromatic carbocycles. The van der Waals surface area contributed by atoms with Crippen molar-refractivity contribution in [3.8, 4) is 22.8 Å². The van der Waals surface area contributed by atoms with Gasteiger partial charge in [0.2, 0.25) is 5.89 Å². The van der Waals surface area contributed by atoms with Crippen LogP contribution < -0.4 is 9.47 Å². The van der Waals surface area contributed by atoms with Crippen LogP contribution in [0.3, 0.4) is 0 Å². The smallest absolute Gasteiger partial charge is 0.235 e. The van der Waals surface area contributed by atoms with Crippen molar-refractivity contribution >= 4 is 17.8 Å². The van der Waals surface area contributed by atoms with Crippen LogP contribution in [0.25, 0.3) is 11.3 Å². The zero-order valence-electron chi connectivity index (χ0n) is 15.0. The summed E-state index contributed by atoms with van der Waals surface area (Å²) in [7, 11) is 1.59. The average Bonchev–Trinajstić information content (AvgIpc) is 3.16. The van der Waals surface area contributed by atoms with Gasteiger partial charge in [-0.3, -0.25) is 0 Å². The van der Waals surface area contributed by atoms with E-state index in [4.69, 9.17) is 30.3 Å². The monoisotopic (exact) mass is 386 g/mol. The predicted octanol–water partition coefficient (Wildman–Crippen LogP) is 4.95. The van der Waals surface area contributed by atoms with Gasteiger partial charge in [-0.1, -0.05) is 16.8 Å². The average molecular weight is 387 g/mol. The van der Waals surface area contributed by atoms with E-state index >= 15 is 0 Å². The quantitative estimate of drug-likeness (QED) is 0.404. The number of oxime groups is 1. The first-order chi connectivity index (χ1) is 13.2. The van der Waals surface area contributed by atoms with Crippen LogP contribution in [0.1, 0.15) is 18.4 Å². The van der Waals surface area contributed by atoms with Crippen LogP contribution in [0.2, 0.25) is 5.02 Å². The molecule has 3 rings (SSSR count). The number of methoxy groups -OCH3 is 1. The molecule has 140 valence electrons. The molecule has 0 amide bonds. The summed E-state index contributed by atoms with van der Waals surface area (Å²) in [4.78, 5) is 9.45. The van der Waals surface area contributed by atoms with Crippen molar-refractivity contribution in [3.63, 3.8) is 0 Å². The summed E-state index contributed by atoms with van der Waals surface area (Å²) in [6.07, 6.45) is 3.23. The second-order valence-corrected chi connectivity index (χ2v) is 5.91. The van der Waals surface area contributed by atoms with E-state index in [9.17, 15) is 0 Å². The third-order valence-corrected chi connectivity index (χ3v) is 3.89. The van der Waals surface area contributed by atoms with E-state index in [0.29, 0.717) is 34.8 Å². The van der Waals surface area contributed by atoms with Crippen molar-refractivity contribution < 1.29 is 18.7 Å². The highest BCUT2D eigenvalue weighted by Gasteiger charge is 2.07. The minimum absolute atomic E-state index is 0.123. The molecule has 0 spiro atoms. The zero-order valence-corrected chi connectivity index (χ0v) is 15.8. The number of benzene rings is 2. The lowest BCUT2D eigenvalue weighted by atomic mass is 10.2. The first-order valence-corrected chi connectivity index (χ1v) is 8.74. The van der Waals surface area contributed by atoms with Gasteiger partial charge in [0.25, 0.3) is 0 Å². The molecule has 0 radical (unpaired) electrons. The van der Waals surface area contributed by atoms with Crippen LogP contribution in [0.4, 0.5) is 0 Å². The summed E-state index contributed by atoms with van der Waals surface area (Å²) < 4.78 is 16.4. The molecule has 0 bridgehead atoms. The van der Waals surface area contributed by atoms with Gasteiger partial charge in [-0.05, 0) is 49.4 Å². The van der Waals surface area contributed by atoms with E-state index in [1.807, 2.05) is 37.3 Å². The maximum absolute atomic E-state index is 5.89. The Balaban J connectivity index is 1.57. The first-order valence-electron chi connectivity index (χ1n) is 8.36. The molecule has 0 saturated carbocycles. The molecular formula is C20H19ClN2O4. The topological polar surface area (TPSA) is 66.1 Å². The van der Waals surface area contributed by atoms with Crippen LogP contribution in [0.5, 0.6) is 11.5 Å². The molecule has 27 heavy (non-hydrogen) atoms. The molecule has 3 aromatic rings. The Hall–Kier alpha value is -2.99. The summed E-state index contributed by atoms with van der Waals surface area (Å²) in [5.74, 6) is 2.40. The van der Waals surface area contributed by atoms with Crippen LogP contribution >= 0.6 is 11.6 Å². The van der Waals surface area contributed by atoms with Gasteiger partial charge in [-0.15, -0.1) is 0 Å². The molecule has 1 heterocycles. The van der Waals surface area contributed by atoms with Crippen molar-refractivity contribution in [1.29, 1.82) is 0 Å². The van der Waals surface area contributed by atoms with Gasteiger partial charge in [-0.25, -0.2) is 4.98 Å². The van der Waals surface area contributed by atoms with Gasteiger partial charge < -0.3 is 18.7 Å². The third-order valence-electron chi connectivity index (χ3n) is 3.63. The zero-order chi connectivity index (χ0) is 19.1. The Morgan fingerprint density at radius 3 is 2.70 bits per heavy atom. The van der Waals surface area contributed by atoms with E-state index in [1.54, 1.807) is 31.7 Å². The molecule has 0 aliphatic heterocycles. The third kappa shape index (κ3) is 5.01. The van der Waals surface area contributed by atoms with Gasteiger partial charge in [0, 0.05) is 16.1 Å². The summed E-state index contributed by atoms with van der Waals surface area (Å²) in [6, 6.07) is 12.8. The molecule has 0 aliphatic carbocycles. The number of halogens is 1. The van der Waals surface area contributed by atoms with Crippen molar-refractivity contribution in [3.05, 3.63) is 65.1 Å². The lowest BCUT2D eigenvalue weighted by Gasteiger charge is -2.09. The van der Waals surface area contributed by atoms with Gasteiger partial charge >= 0.3 is 0 Å². The SMILES string of the molecule is CCOc1ccc(/C=N\OCc2ncc(-c3ccc(Cl)cc3)o2)cc1OC. The van der Waals surface area contributed by atoms with E-state index in [0.717, 1.165) is 11.1 Å². The highest BCUT2D eigenvalue weighted by atomic mass is 35.5. The number of nitrogens with zero attached hydrogens (tertiary/aromatic N) is 2. The van der Waals surface area contributed by atoms with Crippen molar-refractivity contribution in [2.45, 2.75) is 13.5 Å². The van der Waals surface area contributed by atoms with Crippen LogP contribution in [0.15, 0.2) is 58.2 Å². The van der Waals surface area contributed by atoms with Gasteiger partial charge in [-0.2, -0.15) is 0 Å². The molecule has 0 aliphatic rings. The van der Waals surface area contributed by atoms with E-state index in [2.05, 4.69) is 10.1 Å². The number of aromatic nitrogens is 1. The lowest BCUT2D eigenvalue weighted by molar-refractivity contribution is 0.113. The molecular weight excluding hydrogens is 368 g/mol. The molecule has 0 N–H and O–H groups in total. The molecule has 7 heteroatoms. The largest absolute Gasteiger partial charge is 0.493 e. The first kappa shape index (κ1) is 18.8. The fourth-order valence-corrected chi connectivity index (χ4v) is 2.48. The van der Waals surface area contributed by atoms with Crippen LogP contribution in [-0.2, 0) is 11.4 Å². The Bertz CT molecular complexity index is 907. The molecule has 0 unspecified atom stereocenters. The van der Waals surface area contributed by atoms with E-state index < -0.39 is 0 Å². The van der Waals surface area contributed by atoms with E-state index in [1.165, 1.54) is 0 Å². The Morgan fingerprint density at radius 1 is 1.15 bits per heavy atom. The minimum atomic E-state index is 0.123. The molecule has 0 atom stereocenters. The summed E-state index contributed by atoms with van der Waals surface area (Å²) in [5.41, 5.74) is 1.72. The standard InChI is InChI=1S/C20H19ClN2O4/c1-3-25-17-9-4-14(10-18(17)24-2)11-23-26-13-20-22-12-19(27-20)15-5-7-16(21)8-6-15/h4-12H,3,13H2,1-2H3/b23-11-. The maximum atomic E-state index is 5.89. The van der Waals surface area contributed by atoms with Crippen molar-refractivity contribution in [2.75, 3.05) is 13.7 Å². The molecule has 0 saturated heterocycles. The molecule has 6 nitrogen and oxygen atoms in total. The summed E-state index contributed by atoms with van der Waals surface area (Å²) in [5, 5.41) is 4.61. The van der Waals surface area contributed by atoms with Crippen molar-refractivity contribution in [1.82, 2.24) is 4.98 Å². The molecule has 1 aromatic heterocycles. The Labute approximate surface area is 162 Å². The minimum Gasteiger partial charge on any atom is -0.493 e. The predicted molar refractivity (Wildman–Crippen MR) is 103 cm³/mol. The van der Waals surface area contributed by atoms with Gasteiger partial charge in [0.05, 0.1) is 26.1 Å². The Kier molecular flexibility index (Phi) is 6.33. The number of rotatable bonds is 8. The maximum Gasteiger partial charge on any atom is 0.235 e. The summed E-state index contributed by atoms with van der Waals surface area (Å²) in [6.45, 7) is 2.61. The van der Waals surface area contributed by atoms with Gasteiger partial charge in [0.1, 0.15) is 0 Å². The Morgan fingerprint density at radius 2 is 1.96 bits per heavy atom. The normalized spacial score (nSPS) is 10.9. The fraction of sp³-hybridized carbons (Fsp3) is 0.200. The number of hydrogen-bond acceptors (Lipinski definition) is 6. The number of hydrogen-bond donors (Lipinski definition) is 0. The van der Waals surface area contributed by atoms with Crippen LogP contribution in [0, 0.1) is 0 Å². The van der Waals surface area contributed by atoms with E-state index in [-0.39, 0.29) is 6.61 Å². The second-order valence-electron chi connectivity index (χ2n) is 5.48. The highest BCUT2D eigenvalue weighted by Crippen LogP contribution is 2.27.